The predicted octanol–water partition coefficient (Wildman–Crippen LogP) is 2.79. The van der Waals surface area contributed by atoms with Crippen molar-refractivity contribution in [2.75, 3.05) is 5.32 Å². The zero-order valence-electron chi connectivity index (χ0n) is 13.5. The molecule has 24 heavy (non-hydrogen) atoms. The van der Waals surface area contributed by atoms with Crippen molar-refractivity contribution in [1.29, 1.82) is 0 Å². The molecule has 0 spiro atoms. The highest BCUT2D eigenvalue weighted by atomic mass is 15.4. The smallest absolute Gasteiger partial charge is 0.178 e. The van der Waals surface area contributed by atoms with Crippen molar-refractivity contribution in [3.05, 3.63) is 66.2 Å². The van der Waals surface area contributed by atoms with Gasteiger partial charge in [0.05, 0.1) is 11.7 Å². The number of hydrogen-bond acceptors (Lipinski definition) is 5. The summed E-state index contributed by atoms with van der Waals surface area (Å²) in [6.07, 6.45) is 3.72. The molecule has 0 aliphatic carbocycles. The van der Waals surface area contributed by atoms with E-state index in [-0.39, 0.29) is 6.04 Å². The lowest BCUT2D eigenvalue weighted by Gasteiger charge is -2.18. The van der Waals surface area contributed by atoms with E-state index >= 15 is 0 Å². The number of nitrogens with one attached hydrogen (secondary N) is 1. The summed E-state index contributed by atoms with van der Waals surface area (Å²) in [5, 5.41) is 20.4. The second-order valence-electron chi connectivity index (χ2n) is 5.61. The lowest BCUT2D eigenvalue weighted by atomic mass is 10.1. The molecule has 1 aromatic carbocycles. The summed E-state index contributed by atoms with van der Waals surface area (Å²) in [5.74, 6) is 1.53. The van der Waals surface area contributed by atoms with Gasteiger partial charge in [0.25, 0.3) is 0 Å². The van der Waals surface area contributed by atoms with Crippen LogP contribution in [0.5, 0.6) is 0 Å². The molecular formula is C17H17N7. The average molecular weight is 319 g/mol. The van der Waals surface area contributed by atoms with Crippen LogP contribution in [-0.4, -0.2) is 29.6 Å². The molecule has 4 rings (SSSR count). The van der Waals surface area contributed by atoms with Crippen LogP contribution in [0.25, 0.3) is 11.3 Å². The molecule has 0 saturated heterocycles. The Kier molecular flexibility index (Phi) is 3.45. The zero-order valence-corrected chi connectivity index (χ0v) is 13.5. The molecule has 3 heterocycles. The first-order valence-electron chi connectivity index (χ1n) is 7.77. The molecule has 0 saturated carbocycles. The Labute approximate surface area is 139 Å². The van der Waals surface area contributed by atoms with Gasteiger partial charge in [0.1, 0.15) is 5.82 Å². The van der Waals surface area contributed by atoms with Crippen molar-refractivity contribution in [3.63, 3.8) is 0 Å². The van der Waals surface area contributed by atoms with Crippen LogP contribution < -0.4 is 5.32 Å². The van der Waals surface area contributed by atoms with Crippen molar-refractivity contribution in [3.8, 4) is 5.69 Å². The Morgan fingerprint density at radius 2 is 1.92 bits per heavy atom. The van der Waals surface area contributed by atoms with Gasteiger partial charge in [-0.3, -0.25) is 0 Å². The fraction of sp³-hybridized carbons (Fsp3) is 0.176. The predicted molar refractivity (Wildman–Crippen MR) is 91.1 cm³/mol. The first-order chi connectivity index (χ1) is 11.7. The van der Waals surface area contributed by atoms with Gasteiger partial charge in [-0.15, -0.1) is 15.3 Å². The van der Waals surface area contributed by atoms with Crippen molar-refractivity contribution < 1.29 is 0 Å². The maximum absolute atomic E-state index is 4.55. The Morgan fingerprint density at radius 3 is 2.75 bits per heavy atom. The number of rotatable bonds is 4. The third-order valence-corrected chi connectivity index (χ3v) is 3.94. The molecule has 120 valence electrons. The zero-order chi connectivity index (χ0) is 16.5. The van der Waals surface area contributed by atoms with Gasteiger partial charge in [-0.1, -0.05) is 18.2 Å². The quantitative estimate of drug-likeness (QED) is 0.626. The number of nitrogens with zero attached hydrogens (tertiary/aromatic N) is 6. The first kappa shape index (κ1) is 14.4. The van der Waals surface area contributed by atoms with E-state index in [0.717, 1.165) is 28.5 Å². The number of fused-ring (bicyclic) bond motifs is 1. The van der Waals surface area contributed by atoms with Crippen LogP contribution >= 0.6 is 0 Å². The number of benzene rings is 1. The van der Waals surface area contributed by atoms with Crippen LogP contribution in [0, 0.1) is 6.92 Å². The lowest BCUT2D eigenvalue weighted by molar-refractivity contribution is 0.800. The van der Waals surface area contributed by atoms with Crippen molar-refractivity contribution in [2.45, 2.75) is 19.9 Å². The normalized spacial score (nSPS) is 12.4. The SMILES string of the molecule is Cc1nnc2ccc(NC(C)c3ccccc3-n3cccn3)nn12. The van der Waals surface area contributed by atoms with E-state index in [1.54, 1.807) is 10.7 Å². The number of hydrogen-bond donors (Lipinski definition) is 1. The molecule has 4 aromatic rings. The van der Waals surface area contributed by atoms with Gasteiger partial charge in [0.2, 0.25) is 0 Å². The summed E-state index contributed by atoms with van der Waals surface area (Å²) in [4.78, 5) is 0. The molecule has 0 aliphatic rings. The monoisotopic (exact) mass is 319 g/mol. The summed E-state index contributed by atoms with van der Waals surface area (Å²) in [6, 6.07) is 14.0. The summed E-state index contributed by atoms with van der Waals surface area (Å²) in [6.45, 7) is 3.99. The Balaban J connectivity index is 1.66. The fourth-order valence-electron chi connectivity index (χ4n) is 2.75. The standard InChI is InChI=1S/C17H17N7/c1-12(14-6-3-4-7-15(14)23-11-5-10-18-23)19-16-8-9-17-21-20-13(2)24(17)22-16/h3-12H,1-2H3,(H,19,22). The molecule has 0 bridgehead atoms. The van der Waals surface area contributed by atoms with Crippen LogP contribution in [0.1, 0.15) is 24.4 Å². The second kappa shape index (κ2) is 5.77. The van der Waals surface area contributed by atoms with Crippen LogP contribution in [0.2, 0.25) is 0 Å². The number of aryl methyl sites for hydroxylation is 1. The van der Waals surface area contributed by atoms with Crippen LogP contribution in [0.4, 0.5) is 5.82 Å². The number of aromatic nitrogens is 6. The fourth-order valence-corrected chi connectivity index (χ4v) is 2.75. The molecule has 0 amide bonds. The van der Waals surface area contributed by atoms with Crippen LogP contribution in [-0.2, 0) is 0 Å². The minimum Gasteiger partial charge on any atom is -0.362 e. The highest BCUT2D eigenvalue weighted by Gasteiger charge is 2.13. The molecule has 7 nitrogen and oxygen atoms in total. The number of anilines is 1. The largest absolute Gasteiger partial charge is 0.362 e. The molecular weight excluding hydrogens is 302 g/mol. The molecule has 1 atom stereocenters. The summed E-state index contributed by atoms with van der Waals surface area (Å²) in [7, 11) is 0. The van der Waals surface area contributed by atoms with Crippen molar-refractivity contribution >= 4 is 11.5 Å². The molecule has 3 aromatic heterocycles. The minimum absolute atomic E-state index is 0.0622. The highest BCUT2D eigenvalue weighted by molar-refractivity contribution is 5.48. The maximum atomic E-state index is 4.55. The average Bonchev–Trinajstić information content (AvgIpc) is 3.26. The van der Waals surface area contributed by atoms with Crippen LogP contribution in [0.15, 0.2) is 54.9 Å². The van der Waals surface area contributed by atoms with Gasteiger partial charge < -0.3 is 5.32 Å². The summed E-state index contributed by atoms with van der Waals surface area (Å²) in [5.41, 5.74) is 2.93. The van der Waals surface area contributed by atoms with Gasteiger partial charge >= 0.3 is 0 Å². The summed E-state index contributed by atoms with van der Waals surface area (Å²) >= 11 is 0. The third kappa shape index (κ3) is 2.50. The van der Waals surface area contributed by atoms with E-state index in [1.807, 2.05) is 48.1 Å². The topological polar surface area (TPSA) is 72.9 Å². The summed E-state index contributed by atoms with van der Waals surface area (Å²) < 4.78 is 3.60. The first-order valence-corrected chi connectivity index (χ1v) is 7.77. The maximum Gasteiger partial charge on any atom is 0.178 e. The van der Waals surface area contributed by atoms with Gasteiger partial charge in [0.15, 0.2) is 11.5 Å². The van der Waals surface area contributed by atoms with E-state index in [9.17, 15) is 0 Å². The molecule has 0 fully saturated rings. The Bertz CT molecular complexity index is 972. The highest BCUT2D eigenvalue weighted by Crippen LogP contribution is 2.24. The lowest BCUT2D eigenvalue weighted by Crippen LogP contribution is -2.12. The Hall–Kier alpha value is -3.22. The van der Waals surface area contributed by atoms with Gasteiger partial charge in [-0.05, 0) is 43.7 Å². The van der Waals surface area contributed by atoms with E-state index in [0.29, 0.717) is 0 Å². The van der Waals surface area contributed by atoms with Gasteiger partial charge in [-0.25, -0.2) is 4.68 Å². The number of para-hydroxylation sites is 1. The third-order valence-electron chi connectivity index (χ3n) is 3.94. The molecule has 1 unspecified atom stereocenters. The second-order valence-corrected chi connectivity index (χ2v) is 5.61. The van der Waals surface area contributed by atoms with Crippen LogP contribution in [0.3, 0.4) is 0 Å². The van der Waals surface area contributed by atoms with Gasteiger partial charge in [-0.2, -0.15) is 9.61 Å². The molecule has 0 aliphatic heterocycles. The van der Waals surface area contributed by atoms with E-state index < -0.39 is 0 Å². The molecule has 1 N–H and O–H groups in total. The Morgan fingerprint density at radius 1 is 1.04 bits per heavy atom. The van der Waals surface area contributed by atoms with E-state index in [2.05, 4.69) is 44.8 Å². The van der Waals surface area contributed by atoms with Gasteiger partial charge in [0, 0.05) is 12.4 Å². The van der Waals surface area contributed by atoms with Crippen molar-refractivity contribution in [2.24, 2.45) is 0 Å². The van der Waals surface area contributed by atoms with E-state index in [1.165, 1.54) is 0 Å². The molecule has 7 heteroatoms. The minimum atomic E-state index is 0.0622. The molecule has 0 radical (unpaired) electrons. The van der Waals surface area contributed by atoms with Crippen molar-refractivity contribution in [1.82, 2.24) is 29.6 Å². The van der Waals surface area contributed by atoms with E-state index in [4.69, 9.17) is 0 Å².